The second kappa shape index (κ2) is 6.08. The maximum absolute atomic E-state index is 12.6. The number of aromatic nitrogens is 1. The predicted octanol–water partition coefficient (Wildman–Crippen LogP) is 3.32. The van der Waals surface area contributed by atoms with E-state index in [2.05, 4.69) is 11.9 Å². The molecule has 0 N–H and O–H groups in total. The molecule has 21 heavy (non-hydrogen) atoms. The van der Waals surface area contributed by atoms with E-state index in [0.717, 1.165) is 29.8 Å². The number of para-hydroxylation sites is 1. The Morgan fingerprint density at radius 1 is 1.29 bits per heavy atom. The largest absolute Gasteiger partial charge is 0.493 e. The number of ketones is 1. The molecule has 1 aliphatic rings. The first-order chi connectivity index (χ1) is 10.3. The number of carbonyl (C=O) groups is 1. The summed E-state index contributed by atoms with van der Waals surface area (Å²) in [7, 11) is 0. The summed E-state index contributed by atoms with van der Waals surface area (Å²) in [5.74, 6) is 1.00. The molecule has 0 spiro atoms. The molecule has 1 atom stereocenters. The quantitative estimate of drug-likeness (QED) is 0.863. The Bertz CT molecular complexity index is 634. The van der Waals surface area contributed by atoms with Gasteiger partial charge >= 0.3 is 0 Å². The number of rotatable bonds is 4. The minimum atomic E-state index is -0.0670. The van der Waals surface area contributed by atoms with Crippen LogP contribution in [0, 0.1) is 0 Å². The van der Waals surface area contributed by atoms with Gasteiger partial charge in [-0.3, -0.25) is 9.78 Å². The summed E-state index contributed by atoms with van der Waals surface area (Å²) in [5, 5.41) is 0. The number of ether oxygens (including phenoxy) is 1. The van der Waals surface area contributed by atoms with Gasteiger partial charge in [0.2, 0.25) is 0 Å². The number of hydrogen-bond acceptors (Lipinski definition) is 3. The van der Waals surface area contributed by atoms with Crippen molar-refractivity contribution in [3.63, 3.8) is 0 Å². The number of nitrogens with zero attached hydrogens (tertiary/aromatic N) is 1. The molecule has 0 bridgehead atoms. The second-order valence-corrected chi connectivity index (χ2v) is 5.38. The molecule has 0 fully saturated rings. The zero-order valence-corrected chi connectivity index (χ0v) is 12.2. The third-order valence-electron chi connectivity index (χ3n) is 4.00. The third-order valence-corrected chi connectivity index (χ3v) is 4.00. The summed E-state index contributed by atoms with van der Waals surface area (Å²) in [6.07, 6.45) is 3.97. The highest BCUT2D eigenvalue weighted by Crippen LogP contribution is 2.34. The fraction of sp³-hybridized carbons (Fsp3) is 0.333. The standard InChI is InChI=1S/C18H19NO2/c1-2-13-7-8-14(19-12-13)11-17(20)15-9-10-21-18-6-4-3-5-16(15)18/h3-8,12,15H,2,9-11H2,1H3. The molecule has 0 aliphatic carbocycles. The van der Waals surface area contributed by atoms with Gasteiger partial charge in [0.05, 0.1) is 6.61 Å². The van der Waals surface area contributed by atoms with E-state index in [1.165, 1.54) is 5.56 Å². The number of fused-ring (bicyclic) bond motifs is 1. The van der Waals surface area contributed by atoms with Gasteiger partial charge in [-0.05, 0) is 30.5 Å². The molecule has 0 amide bonds. The molecular formula is C18H19NO2. The van der Waals surface area contributed by atoms with E-state index in [0.29, 0.717) is 13.0 Å². The highest BCUT2D eigenvalue weighted by atomic mass is 16.5. The summed E-state index contributed by atoms with van der Waals surface area (Å²) in [6.45, 7) is 2.70. The van der Waals surface area contributed by atoms with Crippen LogP contribution in [0.15, 0.2) is 42.6 Å². The number of carbonyl (C=O) groups excluding carboxylic acids is 1. The molecule has 0 saturated carbocycles. The van der Waals surface area contributed by atoms with Gasteiger partial charge in [0.15, 0.2) is 0 Å². The molecule has 3 heteroatoms. The number of benzene rings is 1. The Labute approximate surface area is 125 Å². The minimum Gasteiger partial charge on any atom is -0.493 e. The summed E-state index contributed by atoms with van der Waals surface area (Å²) in [5.41, 5.74) is 3.06. The van der Waals surface area contributed by atoms with Crippen LogP contribution in [-0.2, 0) is 17.6 Å². The normalized spacial score (nSPS) is 16.9. The van der Waals surface area contributed by atoms with E-state index in [1.54, 1.807) is 0 Å². The molecule has 3 rings (SSSR count). The summed E-state index contributed by atoms with van der Waals surface area (Å²) < 4.78 is 5.62. The summed E-state index contributed by atoms with van der Waals surface area (Å²) >= 11 is 0. The molecular weight excluding hydrogens is 262 g/mol. The Balaban J connectivity index is 1.76. The third kappa shape index (κ3) is 2.97. The minimum absolute atomic E-state index is 0.0670. The van der Waals surface area contributed by atoms with Crippen molar-refractivity contribution >= 4 is 5.78 Å². The van der Waals surface area contributed by atoms with E-state index in [9.17, 15) is 4.79 Å². The Hall–Kier alpha value is -2.16. The van der Waals surface area contributed by atoms with Crippen molar-refractivity contribution < 1.29 is 9.53 Å². The maximum atomic E-state index is 12.6. The summed E-state index contributed by atoms with van der Waals surface area (Å²) in [4.78, 5) is 17.0. The van der Waals surface area contributed by atoms with Crippen LogP contribution in [0.3, 0.4) is 0 Å². The van der Waals surface area contributed by atoms with Crippen LogP contribution in [0.4, 0.5) is 0 Å². The van der Waals surface area contributed by atoms with Crippen LogP contribution in [-0.4, -0.2) is 17.4 Å². The van der Waals surface area contributed by atoms with E-state index in [4.69, 9.17) is 4.74 Å². The van der Waals surface area contributed by atoms with Crippen LogP contribution in [0.1, 0.15) is 36.1 Å². The second-order valence-electron chi connectivity index (χ2n) is 5.38. The van der Waals surface area contributed by atoms with Gasteiger partial charge in [-0.1, -0.05) is 31.2 Å². The van der Waals surface area contributed by atoms with Crippen LogP contribution in [0.5, 0.6) is 5.75 Å². The van der Waals surface area contributed by atoms with Crippen LogP contribution in [0.25, 0.3) is 0 Å². The van der Waals surface area contributed by atoms with E-state index in [-0.39, 0.29) is 11.7 Å². The van der Waals surface area contributed by atoms with Gasteiger partial charge in [-0.2, -0.15) is 0 Å². The molecule has 0 radical (unpaired) electrons. The number of aryl methyl sites for hydroxylation is 1. The number of hydrogen-bond donors (Lipinski definition) is 0. The molecule has 1 unspecified atom stereocenters. The van der Waals surface area contributed by atoms with Gasteiger partial charge in [0.25, 0.3) is 0 Å². The fourth-order valence-corrected chi connectivity index (χ4v) is 2.75. The average molecular weight is 281 g/mol. The van der Waals surface area contributed by atoms with Gasteiger partial charge in [0.1, 0.15) is 11.5 Å². The Morgan fingerprint density at radius 2 is 2.14 bits per heavy atom. The molecule has 1 aliphatic heterocycles. The zero-order valence-electron chi connectivity index (χ0n) is 12.2. The first-order valence-corrected chi connectivity index (χ1v) is 7.46. The lowest BCUT2D eigenvalue weighted by atomic mass is 9.87. The SMILES string of the molecule is CCc1ccc(CC(=O)C2CCOc3ccccc32)nc1. The average Bonchev–Trinajstić information content (AvgIpc) is 2.55. The van der Waals surface area contributed by atoms with Gasteiger partial charge in [0, 0.05) is 29.8 Å². The lowest BCUT2D eigenvalue weighted by Gasteiger charge is -2.24. The lowest BCUT2D eigenvalue weighted by Crippen LogP contribution is -2.22. The number of Topliss-reactive ketones (excluding diaryl/α,β-unsaturated/α-hetero) is 1. The first kappa shape index (κ1) is 13.8. The Kier molecular flexibility index (Phi) is 4.00. The highest BCUT2D eigenvalue weighted by molar-refractivity contribution is 5.88. The lowest BCUT2D eigenvalue weighted by molar-refractivity contribution is -0.120. The van der Waals surface area contributed by atoms with Crippen molar-refractivity contribution in [3.8, 4) is 5.75 Å². The first-order valence-electron chi connectivity index (χ1n) is 7.46. The summed E-state index contributed by atoms with van der Waals surface area (Å²) in [6, 6.07) is 11.8. The number of pyridine rings is 1. The van der Waals surface area contributed by atoms with Crippen molar-refractivity contribution in [1.29, 1.82) is 0 Å². The molecule has 3 nitrogen and oxygen atoms in total. The monoisotopic (exact) mass is 281 g/mol. The smallest absolute Gasteiger partial charge is 0.146 e. The zero-order chi connectivity index (χ0) is 14.7. The fourth-order valence-electron chi connectivity index (χ4n) is 2.75. The molecule has 1 aromatic carbocycles. The van der Waals surface area contributed by atoms with Gasteiger partial charge in [-0.15, -0.1) is 0 Å². The van der Waals surface area contributed by atoms with E-state index in [1.807, 2.05) is 42.6 Å². The van der Waals surface area contributed by atoms with Crippen molar-refractivity contribution in [3.05, 3.63) is 59.4 Å². The van der Waals surface area contributed by atoms with Crippen molar-refractivity contribution in [2.24, 2.45) is 0 Å². The topological polar surface area (TPSA) is 39.2 Å². The van der Waals surface area contributed by atoms with E-state index >= 15 is 0 Å². The molecule has 2 heterocycles. The predicted molar refractivity (Wildman–Crippen MR) is 81.6 cm³/mol. The van der Waals surface area contributed by atoms with Crippen LogP contribution >= 0.6 is 0 Å². The molecule has 108 valence electrons. The van der Waals surface area contributed by atoms with Crippen molar-refractivity contribution in [2.75, 3.05) is 6.61 Å². The van der Waals surface area contributed by atoms with Crippen LogP contribution < -0.4 is 4.74 Å². The van der Waals surface area contributed by atoms with E-state index < -0.39 is 0 Å². The molecule has 2 aromatic rings. The van der Waals surface area contributed by atoms with Crippen LogP contribution in [0.2, 0.25) is 0 Å². The van der Waals surface area contributed by atoms with Crippen molar-refractivity contribution in [1.82, 2.24) is 4.98 Å². The van der Waals surface area contributed by atoms with Gasteiger partial charge < -0.3 is 4.74 Å². The van der Waals surface area contributed by atoms with Crippen molar-refractivity contribution in [2.45, 2.75) is 32.1 Å². The highest BCUT2D eigenvalue weighted by Gasteiger charge is 2.27. The molecule has 0 saturated heterocycles. The van der Waals surface area contributed by atoms with Gasteiger partial charge in [-0.25, -0.2) is 0 Å². The molecule has 1 aromatic heterocycles. The Morgan fingerprint density at radius 3 is 2.90 bits per heavy atom. The maximum Gasteiger partial charge on any atom is 0.146 e.